The number of aliphatic hydroxyl groups is 1. The predicted octanol–water partition coefficient (Wildman–Crippen LogP) is 2.85. The van der Waals surface area contributed by atoms with Gasteiger partial charge in [0, 0.05) is 12.6 Å². The molecule has 2 rings (SSSR count). The average molecular weight is 225 g/mol. The van der Waals surface area contributed by atoms with Crippen LogP contribution in [-0.2, 0) is 0 Å². The Bertz CT molecular complexity index is 203. The second-order valence-corrected chi connectivity index (χ2v) is 6.26. The summed E-state index contributed by atoms with van der Waals surface area (Å²) in [6, 6.07) is 0.669. The van der Waals surface area contributed by atoms with Gasteiger partial charge in [-0.1, -0.05) is 26.2 Å². The van der Waals surface area contributed by atoms with Gasteiger partial charge in [0.1, 0.15) is 0 Å². The van der Waals surface area contributed by atoms with Crippen molar-refractivity contribution < 1.29 is 5.11 Å². The number of hydrogen-bond acceptors (Lipinski definition) is 2. The average Bonchev–Trinajstić information content (AvgIpc) is 2.29. The molecule has 0 aromatic carbocycles. The highest BCUT2D eigenvalue weighted by Crippen LogP contribution is 2.35. The maximum Gasteiger partial charge on any atom is 0.0541 e. The Morgan fingerprint density at radius 2 is 1.69 bits per heavy atom. The Kier molecular flexibility index (Phi) is 4.26. The lowest BCUT2D eigenvalue weighted by molar-refractivity contribution is 0.110. The van der Waals surface area contributed by atoms with E-state index in [4.69, 9.17) is 0 Å². The van der Waals surface area contributed by atoms with Gasteiger partial charge in [0.05, 0.1) is 6.10 Å². The fourth-order valence-corrected chi connectivity index (χ4v) is 3.25. The Hall–Kier alpha value is -0.0800. The smallest absolute Gasteiger partial charge is 0.0541 e. The van der Waals surface area contributed by atoms with Gasteiger partial charge in [-0.15, -0.1) is 0 Å². The van der Waals surface area contributed by atoms with Crippen molar-refractivity contribution in [3.05, 3.63) is 0 Å². The maximum atomic E-state index is 9.47. The molecule has 0 unspecified atom stereocenters. The van der Waals surface area contributed by atoms with Crippen molar-refractivity contribution in [3.8, 4) is 0 Å². The third-order valence-corrected chi connectivity index (χ3v) is 4.57. The molecular formula is C14H27NO. The SMILES string of the molecule is CC1(CNC2CCC(O)CC2)CCCCC1. The predicted molar refractivity (Wildman–Crippen MR) is 67.5 cm³/mol. The third kappa shape index (κ3) is 3.46. The summed E-state index contributed by atoms with van der Waals surface area (Å²) < 4.78 is 0. The Balaban J connectivity index is 1.70. The molecule has 2 aliphatic rings. The molecule has 0 aromatic heterocycles. The molecule has 0 atom stereocenters. The molecule has 0 bridgehead atoms. The first kappa shape index (κ1) is 12.4. The zero-order chi connectivity index (χ0) is 11.4. The molecule has 2 fully saturated rings. The van der Waals surface area contributed by atoms with Crippen LogP contribution in [0.4, 0.5) is 0 Å². The molecular weight excluding hydrogens is 198 g/mol. The zero-order valence-corrected chi connectivity index (χ0v) is 10.7. The van der Waals surface area contributed by atoms with Crippen LogP contribution in [0.5, 0.6) is 0 Å². The van der Waals surface area contributed by atoms with E-state index in [2.05, 4.69) is 12.2 Å². The van der Waals surface area contributed by atoms with Crippen LogP contribution in [0, 0.1) is 5.41 Å². The lowest BCUT2D eigenvalue weighted by atomic mass is 9.75. The molecule has 0 saturated heterocycles. The summed E-state index contributed by atoms with van der Waals surface area (Å²) in [7, 11) is 0. The molecule has 0 heterocycles. The fraction of sp³-hybridized carbons (Fsp3) is 1.00. The summed E-state index contributed by atoms with van der Waals surface area (Å²) >= 11 is 0. The van der Waals surface area contributed by atoms with Gasteiger partial charge < -0.3 is 10.4 Å². The molecule has 2 nitrogen and oxygen atoms in total. The Morgan fingerprint density at radius 3 is 2.31 bits per heavy atom. The fourth-order valence-electron chi connectivity index (χ4n) is 3.25. The van der Waals surface area contributed by atoms with E-state index >= 15 is 0 Å². The minimum absolute atomic E-state index is 0.0247. The van der Waals surface area contributed by atoms with Crippen LogP contribution in [0.3, 0.4) is 0 Å². The van der Waals surface area contributed by atoms with E-state index in [9.17, 15) is 5.11 Å². The quantitative estimate of drug-likeness (QED) is 0.774. The minimum Gasteiger partial charge on any atom is -0.393 e. The van der Waals surface area contributed by atoms with E-state index < -0.39 is 0 Å². The van der Waals surface area contributed by atoms with Crippen molar-refractivity contribution >= 4 is 0 Å². The van der Waals surface area contributed by atoms with Crippen molar-refractivity contribution in [1.29, 1.82) is 0 Å². The van der Waals surface area contributed by atoms with Crippen LogP contribution < -0.4 is 5.32 Å². The zero-order valence-electron chi connectivity index (χ0n) is 10.7. The topological polar surface area (TPSA) is 32.3 Å². The monoisotopic (exact) mass is 225 g/mol. The molecule has 0 spiro atoms. The van der Waals surface area contributed by atoms with Crippen LogP contribution in [0.25, 0.3) is 0 Å². The maximum absolute atomic E-state index is 9.47. The first-order valence-electron chi connectivity index (χ1n) is 7.09. The molecule has 0 radical (unpaired) electrons. The summed E-state index contributed by atoms with van der Waals surface area (Å²) in [6.07, 6.45) is 11.4. The largest absolute Gasteiger partial charge is 0.393 e. The second kappa shape index (κ2) is 5.50. The van der Waals surface area contributed by atoms with Gasteiger partial charge in [-0.3, -0.25) is 0 Å². The van der Waals surface area contributed by atoms with Crippen molar-refractivity contribution in [1.82, 2.24) is 5.32 Å². The normalized spacial score (nSPS) is 34.9. The van der Waals surface area contributed by atoms with E-state index in [-0.39, 0.29) is 6.10 Å². The van der Waals surface area contributed by atoms with Crippen LogP contribution in [-0.4, -0.2) is 23.8 Å². The lowest BCUT2D eigenvalue weighted by Crippen LogP contribution is -2.41. The molecule has 2 aliphatic carbocycles. The first-order valence-corrected chi connectivity index (χ1v) is 7.09. The molecule has 0 aliphatic heterocycles. The van der Waals surface area contributed by atoms with E-state index in [0.717, 1.165) is 25.7 Å². The number of rotatable bonds is 3. The van der Waals surface area contributed by atoms with E-state index in [0.29, 0.717) is 11.5 Å². The van der Waals surface area contributed by atoms with Gasteiger partial charge in [0.15, 0.2) is 0 Å². The third-order valence-electron chi connectivity index (χ3n) is 4.57. The van der Waals surface area contributed by atoms with Gasteiger partial charge in [0.25, 0.3) is 0 Å². The highest BCUT2D eigenvalue weighted by Gasteiger charge is 2.28. The van der Waals surface area contributed by atoms with Crippen molar-refractivity contribution in [2.24, 2.45) is 5.41 Å². The molecule has 2 saturated carbocycles. The van der Waals surface area contributed by atoms with Gasteiger partial charge in [0.2, 0.25) is 0 Å². The molecule has 0 amide bonds. The van der Waals surface area contributed by atoms with Crippen LogP contribution in [0.15, 0.2) is 0 Å². The number of hydrogen-bond donors (Lipinski definition) is 2. The van der Waals surface area contributed by atoms with Crippen molar-refractivity contribution in [2.75, 3.05) is 6.54 Å². The first-order chi connectivity index (χ1) is 7.68. The van der Waals surface area contributed by atoms with Crippen LogP contribution >= 0.6 is 0 Å². The van der Waals surface area contributed by atoms with Gasteiger partial charge in [-0.05, 0) is 43.9 Å². The van der Waals surface area contributed by atoms with E-state index in [1.807, 2.05) is 0 Å². The molecule has 0 aromatic rings. The summed E-state index contributed by atoms with van der Waals surface area (Å²) in [5.41, 5.74) is 0.550. The summed E-state index contributed by atoms with van der Waals surface area (Å²) in [6.45, 7) is 3.63. The number of nitrogens with one attached hydrogen (secondary N) is 1. The van der Waals surface area contributed by atoms with Crippen LogP contribution in [0.2, 0.25) is 0 Å². The standard InChI is InChI=1S/C14H27NO/c1-14(9-3-2-4-10-14)11-15-12-5-7-13(16)8-6-12/h12-13,15-16H,2-11H2,1H3. The van der Waals surface area contributed by atoms with E-state index in [1.165, 1.54) is 38.6 Å². The molecule has 94 valence electrons. The molecule has 16 heavy (non-hydrogen) atoms. The summed E-state index contributed by atoms with van der Waals surface area (Å²) in [5.74, 6) is 0. The van der Waals surface area contributed by atoms with Gasteiger partial charge >= 0.3 is 0 Å². The molecule has 2 N–H and O–H groups in total. The summed E-state index contributed by atoms with van der Waals surface area (Å²) in [5, 5.41) is 13.2. The highest BCUT2D eigenvalue weighted by atomic mass is 16.3. The second-order valence-electron chi connectivity index (χ2n) is 6.26. The lowest BCUT2D eigenvalue weighted by Gasteiger charge is -2.36. The van der Waals surface area contributed by atoms with Gasteiger partial charge in [-0.25, -0.2) is 0 Å². The van der Waals surface area contributed by atoms with Gasteiger partial charge in [-0.2, -0.15) is 0 Å². The molecule has 2 heteroatoms. The number of aliphatic hydroxyl groups excluding tert-OH is 1. The van der Waals surface area contributed by atoms with E-state index in [1.54, 1.807) is 0 Å². The minimum atomic E-state index is -0.0247. The summed E-state index contributed by atoms with van der Waals surface area (Å²) in [4.78, 5) is 0. The van der Waals surface area contributed by atoms with Crippen LogP contribution in [0.1, 0.15) is 64.7 Å². The van der Waals surface area contributed by atoms with Crippen molar-refractivity contribution in [3.63, 3.8) is 0 Å². The van der Waals surface area contributed by atoms with Crippen molar-refractivity contribution in [2.45, 2.75) is 76.9 Å². The Labute approximate surface area is 99.8 Å². The Morgan fingerprint density at radius 1 is 1.06 bits per heavy atom. The highest BCUT2D eigenvalue weighted by molar-refractivity contribution is 4.84.